The lowest BCUT2D eigenvalue weighted by Gasteiger charge is -2.40. The molecule has 146 valence electrons. The molecule has 1 N–H and O–H groups in total. The number of carbonyl (C=O) groups is 2. The van der Waals surface area contributed by atoms with Gasteiger partial charge in [-0.3, -0.25) is 19.7 Å². The van der Waals surface area contributed by atoms with Crippen molar-refractivity contribution in [2.24, 2.45) is 0 Å². The van der Waals surface area contributed by atoms with E-state index in [9.17, 15) is 19.7 Å². The third-order valence-corrected chi connectivity index (χ3v) is 4.81. The zero-order valence-corrected chi connectivity index (χ0v) is 15.6. The zero-order valence-electron chi connectivity index (χ0n) is 15.6. The minimum Gasteiger partial charge on any atom is -0.343 e. The van der Waals surface area contributed by atoms with Crippen LogP contribution in [-0.2, 0) is 4.79 Å². The third kappa shape index (κ3) is 4.52. The summed E-state index contributed by atoms with van der Waals surface area (Å²) < 4.78 is 0. The molecular formula is C20H22N4O4. The Hall–Kier alpha value is -3.26. The van der Waals surface area contributed by atoms with E-state index in [0.717, 1.165) is 12.1 Å². The number of nitro groups is 1. The van der Waals surface area contributed by atoms with Gasteiger partial charge >= 0.3 is 0 Å². The van der Waals surface area contributed by atoms with E-state index in [-0.39, 0.29) is 29.7 Å². The van der Waals surface area contributed by atoms with Crippen molar-refractivity contribution in [2.45, 2.75) is 6.04 Å². The highest BCUT2D eigenvalue weighted by Crippen LogP contribution is 2.24. The van der Waals surface area contributed by atoms with Gasteiger partial charge in [-0.05, 0) is 18.7 Å². The van der Waals surface area contributed by atoms with Gasteiger partial charge in [0.2, 0.25) is 5.91 Å². The van der Waals surface area contributed by atoms with Gasteiger partial charge in [-0.1, -0.05) is 36.4 Å². The molecule has 1 heterocycles. The second kappa shape index (κ2) is 8.62. The molecule has 1 saturated heterocycles. The average Bonchev–Trinajstić information content (AvgIpc) is 2.72. The first kappa shape index (κ1) is 19.5. The molecule has 2 amide bonds. The van der Waals surface area contributed by atoms with Crippen LogP contribution in [-0.4, -0.2) is 59.8 Å². The normalized spacial score (nSPS) is 17.2. The maximum absolute atomic E-state index is 12.8. The largest absolute Gasteiger partial charge is 0.343 e. The summed E-state index contributed by atoms with van der Waals surface area (Å²) in [5.74, 6) is -0.692. The predicted octanol–water partition coefficient (Wildman–Crippen LogP) is 1.84. The van der Waals surface area contributed by atoms with Crippen molar-refractivity contribution in [3.63, 3.8) is 0 Å². The van der Waals surface area contributed by atoms with Crippen molar-refractivity contribution in [3.8, 4) is 0 Å². The van der Waals surface area contributed by atoms with Crippen LogP contribution < -0.4 is 5.32 Å². The van der Waals surface area contributed by atoms with Crippen LogP contribution in [0.1, 0.15) is 22.0 Å². The molecule has 1 aliphatic rings. The van der Waals surface area contributed by atoms with Crippen LogP contribution in [0.5, 0.6) is 0 Å². The summed E-state index contributed by atoms with van der Waals surface area (Å²) in [5.41, 5.74) is 1.04. The van der Waals surface area contributed by atoms with Crippen molar-refractivity contribution in [3.05, 3.63) is 75.8 Å². The lowest BCUT2D eigenvalue weighted by Crippen LogP contribution is -2.51. The van der Waals surface area contributed by atoms with Crippen LogP contribution in [0.3, 0.4) is 0 Å². The minimum atomic E-state index is -0.559. The van der Waals surface area contributed by atoms with Gasteiger partial charge in [0.15, 0.2) is 0 Å². The molecule has 8 nitrogen and oxygen atoms in total. The fraction of sp³-hybridized carbons (Fsp3) is 0.300. The second-order valence-electron chi connectivity index (χ2n) is 6.77. The number of carbonyl (C=O) groups excluding carboxylic acids is 2. The SMILES string of the molecule is CN1CCN(C(=O)CNC(=O)c2cccc([N+](=O)[O-])c2)C(c2ccccc2)C1. The molecule has 2 aromatic carbocycles. The molecule has 1 unspecified atom stereocenters. The molecule has 0 radical (unpaired) electrons. The number of likely N-dealkylation sites (N-methyl/N-ethyl adjacent to an activating group) is 1. The molecule has 0 aliphatic carbocycles. The topological polar surface area (TPSA) is 95.8 Å². The summed E-state index contributed by atoms with van der Waals surface area (Å²) in [6.07, 6.45) is 0. The predicted molar refractivity (Wildman–Crippen MR) is 104 cm³/mol. The van der Waals surface area contributed by atoms with Crippen LogP contribution >= 0.6 is 0 Å². The summed E-state index contributed by atoms with van der Waals surface area (Å²) >= 11 is 0. The van der Waals surface area contributed by atoms with E-state index in [0.29, 0.717) is 13.1 Å². The molecule has 1 fully saturated rings. The highest BCUT2D eigenvalue weighted by Gasteiger charge is 2.30. The number of hydrogen-bond donors (Lipinski definition) is 1. The van der Waals surface area contributed by atoms with Crippen molar-refractivity contribution >= 4 is 17.5 Å². The maximum atomic E-state index is 12.8. The van der Waals surface area contributed by atoms with E-state index >= 15 is 0 Å². The number of piperazine rings is 1. The molecule has 0 bridgehead atoms. The lowest BCUT2D eigenvalue weighted by atomic mass is 10.0. The van der Waals surface area contributed by atoms with Crippen LogP contribution in [0.4, 0.5) is 5.69 Å². The standard InChI is InChI=1S/C20H22N4O4/c1-22-10-11-23(18(14-22)15-6-3-2-4-7-15)19(25)13-21-20(26)16-8-5-9-17(12-16)24(27)28/h2-9,12,18H,10-11,13-14H2,1H3,(H,21,26). The molecule has 0 spiro atoms. The Balaban J connectivity index is 1.67. The number of amides is 2. The minimum absolute atomic E-state index is 0.0813. The van der Waals surface area contributed by atoms with E-state index in [4.69, 9.17) is 0 Å². The van der Waals surface area contributed by atoms with Crippen molar-refractivity contribution in [1.82, 2.24) is 15.1 Å². The summed E-state index contributed by atoms with van der Waals surface area (Å²) in [6, 6.07) is 15.2. The highest BCUT2D eigenvalue weighted by molar-refractivity contribution is 5.97. The monoisotopic (exact) mass is 382 g/mol. The average molecular weight is 382 g/mol. The number of non-ortho nitro benzene ring substituents is 1. The zero-order chi connectivity index (χ0) is 20.1. The first-order valence-corrected chi connectivity index (χ1v) is 9.01. The third-order valence-electron chi connectivity index (χ3n) is 4.81. The number of hydrogen-bond acceptors (Lipinski definition) is 5. The number of benzene rings is 2. The van der Waals surface area contributed by atoms with Gasteiger partial charge < -0.3 is 15.1 Å². The van der Waals surface area contributed by atoms with Gasteiger partial charge in [0, 0.05) is 37.3 Å². The first-order valence-electron chi connectivity index (χ1n) is 9.01. The maximum Gasteiger partial charge on any atom is 0.270 e. The molecule has 1 atom stereocenters. The van der Waals surface area contributed by atoms with Gasteiger partial charge in [0.1, 0.15) is 0 Å². The van der Waals surface area contributed by atoms with Gasteiger partial charge in [-0.25, -0.2) is 0 Å². The molecule has 0 saturated carbocycles. The van der Waals surface area contributed by atoms with Gasteiger partial charge in [0.05, 0.1) is 17.5 Å². The van der Waals surface area contributed by atoms with E-state index < -0.39 is 10.8 Å². The molecule has 2 aromatic rings. The van der Waals surface area contributed by atoms with Gasteiger partial charge in [0.25, 0.3) is 11.6 Å². The number of nitrogens with one attached hydrogen (secondary N) is 1. The Morgan fingerprint density at radius 2 is 1.89 bits per heavy atom. The summed E-state index contributed by atoms with van der Waals surface area (Å²) in [7, 11) is 2.02. The van der Waals surface area contributed by atoms with E-state index in [1.165, 1.54) is 24.3 Å². The second-order valence-corrected chi connectivity index (χ2v) is 6.77. The van der Waals surface area contributed by atoms with E-state index in [1.54, 1.807) is 4.90 Å². The van der Waals surface area contributed by atoms with Gasteiger partial charge in [-0.2, -0.15) is 0 Å². The Labute approximate surface area is 162 Å². The van der Waals surface area contributed by atoms with Crippen LogP contribution in [0.15, 0.2) is 54.6 Å². The molecule has 8 heteroatoms. The molecule has 3 rings (SSSR count). The molecular weight excluding hydrogens is 360 g/mol. The fourth-order valence-electron chi connectivity index (χ4n) is 3.30. The Morgan fingerprint density at radius 1 is 1.14 bits per heavy atom. The van der Waals surface area contributed by atoms with Crippen LogP contribution in [0.25, 0.3) is 0 Å². The van der Waals surface area contributed by atoms with Crippen LogP contribution in [0, 0.1) is 10.1 Å². The Morgan fingerprint density at radius 3 is 2.61 bits per heavy atom. The van der Waals surface area contributed by atoms with E-state index in [1.807, 2.05) is 37.4 Å². The summed E-state index contributed by atoms with van der Waals surface area (Å²) in [5, 5.41) is 13.4. The molecule has 1 aliphatic heterocycles. The Kier molecular flexibility index (Phi) is 6.00. The molecule has 28 heavy (non-hydrogen) atoms. The lowest BCUT2D eigenvalue weighted by molar-refractivity contribution is -0.384. The summed E-state index contributed by atoms with van der Waals surface area (Å²) in [4.78, 5) is 39.3. The van der Waals surface area contributed by atoms with Crippen molar-refractivity contribution in [1.29, 1.82) is 0 Å². The summed E-state index contributed by atoms with van der Waals surface area (Å²) in [6.45, 7) is 1.89. The fourth-order valence-corrected chi connectivity index (χ4v) is 3.30. The van der Waals surface area contributed by atoms with Crippen LogP contribution in [0.2, 0.25) is 0 Å². The number of rotatable bonds is 5. The number of nitrogens with zero attached hydrogens (tertiary/aromatic N) is 3. The van der Waals surface area contributed by atoms with Crippen molar-refractivity contribution in [2.75, 3.05) is 33.2 Å². The quantitative estimate of drug-likeness (QED) is 0.629. The Bertz CT molecular complexity index is 872. The smallest absolute Gasteiger partial charge is 0.270 e. The first-order chi connectivity index (χ1) is 13.5. The number of nitro benzene ring substituents is 1. The van der Waals surface area contributed by atoms with Gasteiger partial charge in [-0.15, -0.1) is 0 Å². The molecule has 0 aromatic heterocycles. The van der Waals surface area contributed by atoms with E-state index in [2.05, 4.69) is 10.2 Å². The van der Waals surface area contributed by atoms with Crippen molar-refractivity contribution < 1.29 is 14.5 Å². The highest BCUT2D eigenvalue weighted by atomic mass is 16.6.